The van der Waals surface area contributed by atoms with Crippen LogP contribution in [-0.2, 0) is 0 Å². The number of rotatable bonds is 3. The lowest BCUT2D eigenvalue weighted by molar-refractivity contribution is 1.68. The molecule has 0 N–H and O–H groups in total. The zero-order valence-electron chi connectivity index (χ0n) is 29.9. The average molecular weight is 713 g/mol. The van der Waals surface area contributed by atoms with Gasteiger partial charge in [-0.1, -0.05) is 176 Å². The Bertz CT molecular complexity index is 3490. The van der Waals surface area contributed by atoms with E-state index in [1.165, 1.54) is 118 Å². The number of benzene rings is 11. The molecule has 0 saturated heterocycles. The van der Waals surface area contributed by atoms with E-state index in [0.29, 0.717) is 0 Å². The Balaban J connectivity index is 1.05. The minimum Gasteiger partial charge on any atom is -0.134 e. The molecule has 254 valence electrons. The van der Waals surface area contributed by atoms with Crippen LogP contribution >= 0.6 is 11.3 Å². The van der Waals surface area contributed by atoms with Crippen LogP contribution in [0.25, 0.3) is 118 Å². The van der Waals surface area contributed by atoms with E-state index < -0.39 is 0 Å². The summed E-state index contributed by atoms with van der Waals surface area (Å²) in [7, 11) is 0. The summed E-state index contributed by atoms with van der Waals surface area (Å²) in [6.45, 7) is 0. The highest BCUT2D eigenvalue weighted by Crippen LogP contribution is 2.47. The van der Waals surface area contributed by atoms with Crippen LogP contribution in [-0.4, -0.2) is 0 Å². The van der Waals surface area contributed by atoms with Gasteiger partial charge in [0, 0.05) is 20.2 Å². The smallest absolute Gasteiger partial charge is 0.0434 e. The summed E-state index contributed by atoms with van der Waals surface area (Å²) in [5.74, 6) is 0. The van der Waals surface area contributed by atoms with Gasteiger partial charge in [0.2, 0.25) is 0 Å². The summed E-state index contributed by atoms with van der Waals surface area (Å²) in [4.78, 5) is 0. The number of hydrogen-bond acceptors (Lipinski definition) is 1. The van der Waals surface area contributed by atoms with Gasteiger partial charge < -0.3 is 0 Å². The van der Waals surface area contributed by atoms with Crippen LogP contribution in [0.4, 0.5) is 0 Å². The molecule has 0 aliphatic rings. The summed E-state index contributed by atoms with van der Waals surface area (Å²) in [5, 5.41) is 18.1. The van der Waals surface area contributed by atoms with E-state index in [-0.39, 0.29) is 0 Å². The molecule has 0 saturated carbocycles. The molecule has 55 heavy (non-hydrogen) atoms. The topological polar surface area (TPSA) is 0 Å². The van der Waals surface area contributed by atoms with Crippen LogP contribution in [0.3, 0.4) is 0 Å². The van der Waals surface area contributed by atoms with Crippen LogP contribution in [0.1, 0.15) is 0 Å². The Labute approximate surface area is 322 Å². The van der Waals surface area contributed by atoms with Crippen LogP contribution in [0.2, 0.25) is 0 Å². The molecule has 0 aliphatic carbocycles. The third kappa shape index (κ3) is 4.57. The van der Waals surface area contributed by atoms with Gasteiger partial charge in [0.25, 0.3) is 0 Å². The normalized spacial score (nSPS) is 12.0. The molecule has 12 aromatic rings. The number of thiophene rings is 1. The van der Waals surface area contributed by atoms with Crippen molar-refractivity contribution in [3.8, 4) is 33.4 Å². The quantitative estimate of drug-likeness (QED) is 0.160. The predicted molar refractivity (Wildman–Crippen MR) is 241 cm³/mol. The van der Waals surface area contributed by atoms with E-state index in [2.05, 4.69) is 194 Å². The second kappa shape index (κ2) is 11.9. The minimum absolute atomic E-state index is 1.24. The van der Waals surface area contributed by atoms with Crippen LogP contribution in [0.5, 0.6) is 0 Å². The van der Waals surface area contributed by atoms with Gasteiger partial charge in [0.05, 0.1) is 0 Å². The molecule has 0 nitrogen and oxygen atoms in total. The predicted octanol–water partition coefficient (Wildman–Crippen LogP) is 16.0. The Morgan fingerprint density at radius 1 is 0.273 bits per heavy atom. The second-order valence-corrected chi connectivity index (χ2v) is 15.8. The fourth-order valence-corrected chi connectivity index (χ4v) is 10.6. The zero-order valence-corrected chi connectivity index (χ0v) is 30.7. The molecule has 0 aliphatic heterocycles. The summed E-state index contributed by atoms with van der Waals surface area (Å²) in [6.07, 6.45) is 0. The van der Waals surface area contributed by atoms with Gasteiger partial charge in [0.1, 0.15) is 0 Å². The van der Waals surface area contributed by atoms with E-state index >= 15 is 0 Å². The molecular weight excluding hydrogens is 681 g/mol. The molecule has 0 bridgehead atoms. The van der Waals surface area contributed by atoms with Gasteiger partial charge in [0.15, 0.2) is 0 Å². The molecule has 11 aromatic carbocycles. The Kier molecular flexibility index (Phi) is 6.60. The van der Waals surface area contributed by atoms with Crippen molar-refractivity contribution in [3.63, 3.8) is 0 Å². The maximum atomic E-state index is 2.43. The zero-order chi connectivity index (χ0) is 36.0. The molecule has 0 amide bonds. The first-order valence-electron chi connectivity index (χ1n) is 19.0. The summed E-state index contributed by atoms with van der Waals surface area (Å²) < 4.78 is 2.70. The maximum absolute atomic E-state index is 2.43. The first-order chi connectivity index (χ1) is 27.3. The third-order valence-electron chi connectivity index (χ3n) is 11.8. The highest BCUT2D eigenvalue weighted by atomic mass is 32.1. The van der Waals surface area contributed by atoms with Crippen molar-refractivity contribution in [1.29, 1.82) is 0 Å². The lowest BCUT2D eigenvalue weighted by Crippen LogP contribution is -1.91. The van der Waals surface area contributed by atoms with E-state index in [9.17, 15) is 0 Å². The maximum Gasteiger partial charge on any atom is 0.0434 e. The van der Waals surface area contributed by atoms with Gasteiger partial charge in [-0.25, -0.2) is 0 Å². The van der Waals surface area contributed by atoms with Gasteiger partial charge >= 0.3 is 0 Å². The minimum atomic E-state index is 1.24. The molecule has 12 rings (SSSR count). The molecule has 0 radical (unpaired) electrons. The van der Waals surface area contributed by atoms with Gasteiger partial charge in [-0.15, -0.1) is 11.3 Å². The van der Waals surface area contributed by atoms with Crippen molar-refractivity contribution in [1.82, 2.24) is 0 Å². The van der Waals surface area contributed by atoms with E-state index in [1.54, 1.807) is 0 Å². The van der Waals surface area contributed by atoms with Crippen molar-refractivity contribution in [3.05, 3.63) is 194 Å². The molecule has 0 fully saturated rings. The fraction of sp³-hybridized carbons (Fsp3) is 0. The highest BCUT2D eigenvalue weighted by Gasteiger charge is 2.19. The third-order valence-corrected chi connectivity index (χ3v) is 13.0. The van der Waals surface area contributed by atoms with Crippen molar-refractivity contribution < 1.29 is 0 Å². The summed E-state index contributed by atoms with van der Waals surface area (Å²) in [6, 6.07) is 72.2. The van der Waals surface area contributed by atoms with Crippen molar-refractivity contribution >= 4 is 96.1 Å². The highest BCUT2D eigenvalue weighted by molar-refractivity contribution is 7.27. The van der Waals surface area contributed by atoms with Crippen molar-refractivity contribution in [2.24, 2.45) is 0 Å². The average Bonchev–Trinajstić information content (AvgIpc) is 3.64. The SMILES string of the molecule is c1ccc2c(-c3c4ccccc4c(-c4ccc5cc(-c6cc7sc8c9ccccc9ccc8c7c7ccccc67)ccc5c4)c4ccccc34)cccc2c1. The van der Waals surface area contributed by atoms with E-state index in [4.69, 9.17) is 0 Å². The van der Waals surface area contributed by atoms with Gasteiger partial charge in [-0.3, -0.25) is 0 Å². The van der Waals surface area contributed by atoms with Crippen molar-refractivity contribution in [2.75, 3.05) is 0 Å². The molecule has 1 heteroatoms. The monoisotopic (exact) mass is 712 g/mol. The molecular formula is C54H32S. The second-order valence-electron chi connectivity index (χ2n) is 14.8. The lowest BCUT2D eigenvalue weighted by Gasteiger charge is -2.19. The number of fused-ring (bicyclic) bond motifs is 11. The standard InChI is InChI=1S/C54H32S/c1-3-15-39-33(12-1)14-11-23-42(39)52-46-21-9-7-19-44(46)51(45-20-8-10-22-47(45)52)38-27-25-35-30-37(26-24-36(35)31-38)49-32-50-53(43-18-6-5-17-41(43)49)48-29-28-34-13-2-4-16-40(34)54(48)55-50/h1-32H. The van der Waals surface area contributed by atoms with Gasteiger partial charge in [-0.05, 0) is 116 Å². The van der Waals surface area contributed by atoms with Crippen LogP contribution in [0, 0.1) is 0 Å². The first-order valence-corrected chi connectivity index (χ1v) is 19.8. The molecule has 0 unspecified atom stereocenters. The van der Waals surface area contributed by atoms with Gasteiger partial charge in [-0.2, -0.15) is 0 Å². The fourth-order valence-electron chi connectivity index (χ4n) is 9.35. The molecule has 1 aromatic heterocycles. The van der Waals surface area contributed by atoms with Crippen LogP contribution in [0.15, 0.2) is 194 Å². The lowest BCUT2D eigenvalue weighted by atomic mass is 9.84. The first kappa shape index (κ1) is 30.6. The molecule has 0 spiro atoms. The van der Waals surface area contributed by atoms with E-state index in [1.807, 2.05) is 11.3 Å². The van der Waals surface area contributed by atoms with Crippen LogP contribution < -0.4 is 0 Å². The number of hydrogen-bond donors (Lipinski definition) is 0. The molecule has 1 heterocycles. The summed E-state index contributed by atoms with van der Waals surface area (Å²) in [5.41, 5.74) is 7.63. The molecule has 0 atom stereocenters. The summed E-state index contributed by atoms with van der Waals surface area (Å²) >= 11 is 1.92. The van der Waals surface area contributed by atoms with Crippen molar-refractivity contribution in [2.45, 2.75) is 0 Å². The Morgan fingerprint density at radius 2 is 0.782 bits per heavy atom. The Morgan fingerprint density at radius 3 is 1.49 bits per heavy atom. The van der Waals surface area contributed by atoms with E-state index in [0.717, 1.165) is 0 Å². The Hall–Kier alpha value is -6.80. The largest absolute Gasteiger partial charge is 0.134 e.